The van der Waals surface area contributed by atoms with E-state index in [1.807, 2.05) is 77.9 Å². The van der Waals surface area contributed by atoms with E-state index in [2.05, 4.69) is 4.72 Å². The van der Waals surface area contributed by atoms with E-state index >= 15 is 0 Å². The van der Waals surface area contributed by atoms with Crippen LogP contribution in [-0.2, 0) is 22.6 Å². The number of hydrogen-bond donors (Lipinski definition) is 2. The van der Waals surface area contributed by atoms with Crippen LogP contribution in [0.4, 0.5) is 4.79 Å². The normalized spacial score (nSPS) is 14.3. The summed E-state index contributed by atoms with van der Waals surface area (Å²) < 4.78 is 20.4. The van der Waals surface area contributed by atoms with Gasteiger partial charge in [-0.3, -0.25) is 0 Å². The summed E-state index contributed by atoms with van der Waals surface area (Å²) in [6, 6.07) is 11.9. The van der Waals surface area contributed by atoms with Crippen LogP contribution in [0.2, 0.25) is 0 Å². The molecule has 1 aromatic carbocycles. The first-order chi connectivity index (χ1) is 13.8. The summed E-state index contributed by atoms with van der Waals surface area (Å²) in [7, 11) is 1.73. The number of carbonyl (C=O) groups excluding carboxylic acids is 1. The maximum Gasteiger partial charge on any atom is 0.410 e. The number of nitrogens with zero attached hydrogens (tertiary/aromatic N) is 1. The number of thiophene rings is 1. The van der Waals surface area contributed by atoms with Gasteiger partial charge in [-0.2, -0.15) is 0 Å². The highest BCUT2D eigenvalue weighted by atomic mass is 32.2. The molecule has 0 spiro atoms. The first kappa shape index (κ1) is 24.7. The van der Waals surface area contributed by atoms with Crippen molar-refractivity contribution in [3.05, 3.63) is 46.8 Å². The molecule has 0 unspecified atom stereocenters. The first-order valence-electron chi connectivity index (χ1n) is 9.83. The molecule has 1 heterocycles. The quantitative estimate of drug-likeness (QED) is 0.487. The highest BCUT2D eigenvalue weighted by Gasteiger charge is 2.29. The first-order valence-corrected chi connectivity index (χ1v) is 11.8. The summed E-state index contributed by atoms with van der Waals surface area (Å²) >= 11 is 0.294. The number of carbonyl (C=O) groups is 1. The smallest absolute Gasteiger partial charge is 0.410 e. The van der Waals surface area contributed by atoms with Crippen LogP contribution in [0.25, 0.3) is 10.4 Å². The van der Waals surface area contributed by atoms with Crippen molar-refractivity contribution < 1.29 is 14.1 Å². The van der Waals surface area contributed by atoms with Crippen LogP contribution in [0.15, 0.2) is 36.4 Å². The molecule has 2 rings (SSSR count). The van der Waals surface area contributed by atoms with Crippen LogP contribution >= 0.6 is 11.3 Å². The lowest BCUT2D eigenvalue weighted by molar-refractivity contribution is 0.0285. The molecule has 0 saturated heterocycles. The van der Waals surface area contributed by atoms with Gasteiger partial charge in [-0.05, 0) is 64.8 Å². The Kier molecular flexibility index (Phi) is 7.98. The SMILES string of the molecule is CN(Cc1ccccc1-c1ccc([C@@H](N)N[S@+]([O-])C(C)(C)C)s1)C(=O)OC(C)(C)C. The summed E-state index contributed by atoms with van der Waals surface area (Å²) in [5.41, 5.74) is 7.75. The Labute approximate surface area is 187 Å². The Morgan fingerprint density at radius 2 is 1.83 bits per heavy atom. The van der Waals surface area contributed by atoms with Crippen molar-refractivity contribution in [2.45, 2.75) is 64.6 Å². The second kappa shape index (κ2) is 9.70. The van der Waals surface area contributed by atoms with Gasteiger partial charge in [0.15, 0.2) is 0 Å². The Hall–Kier alpha value is -1.58. The van der Waals surface area contributed by atoms with E-state index in [1.165, 1.54) is 0 Å². The predicted octanol–water partition coefficient (Wildman–Crippen LogP) is 4.79. The van der Waals surface area contributed by atoms with Gasteiger partial charge in [0.1, 0.15) is 16.5 Å². The fourth-order valence-corrected chi connectivity index (χ4v) is 4.38. The second-order valence-corrected chi connectivity index (χ2v) is 12.3. The summed E-state index contributed by atoms with van der Waals surface area (Å²) in [4.78, 5) is 15.8. The second-order valence-electron chi connectivity index (χ2n) is 9.17. The molecule has 2 atom stereocenters. The van der Waals surface area contributed by atoms with Gasteiger partial charge in [-0.1, -0.05) is 24.3 Å². The summed E-state index contributed by atoms with van der Waals surface area (Å²) in [5.74, 6) is 0. The van der Waals surface area contributed by atoms with Gasteiger partial charge in [-0.15, -0.1) is 16.1 Å². The minimum absolute atomic E-state index is 0.361. The number of rotatable bonds is 6. The lowest BCUT2D eigenvalue weighted by atomic mass is 10.1. The van der Waals surface area contributed by atoms with E-state index in [4.69, 9.17) is 10.5 Å². The minimum atomic E-state index is -1.26. The molecule has 2 aromatic rings. The standard InChI is InChI=1S/C22H33N3O3S2/c1-21(2,3)28-20(26)25(7)14-15-10-8-9-11-16(15)17-12-13-18(29-17)19(23)24-30(27)22(4,5)6/h8-13,19,24H,14,23H2,1-7H3/t19-,30+/m0/s1. The highest BCUT2D eigenvalue weighted by molar-refractivity contribution is 7.90. The lowest BCUT2D eigenvalue weighted by Crippen LogP contribution is -2.43. The monoisotopic (exact) mass is 451 g/mol. The maximum atomic E-state index is 12.3. The van der Waals surface area contributed by atoms with E-state index in [1.54, 1.807) is 23.3 Å². The predicted molar refractivity (Wildman–Crippen MR) is 125 cm³/mol. The van der Waals surface area contributed by atoms with E-state index < -0.39 is 27.9 Å². The molecule has 8 heteroatoms. The van der Waals surface area contributed by atoms with Gasteiger partial charge in [0.05, 0.1) is 0 Å². The molecule has 166 valence electrons. The van der Waals surface area contributed by atoms with Gasteiger partial charge < -0.3 is 19.9 Å². The van der Waals surface area contributed by atoms with Crippen LogP contribution in [-0.4, -0.2) is 32.9 Å². The molecule has 0 aliphatic carbocycles. The van der Waals surface area contributed by atoms with Crippen molar-refractivity contribution in [3.63, 3.8) is 0 Å². The lowest BCUT2D eigenvalue weighted by Gasteiger charge is -2.26. The number of benzene rings is 1. The molecule has 30 heavy (non-hydrogen) atoms. The van der Waals surface area contributed by atoms with Crippen LogP contribution in [0.3, 0.4) is 0 Å². The van der Waals surface area contributed by atoms with Gasteiger partial charge >= 0.3 is 6.09 Å². The number of ether oxygens (including phenoxy) is 1. The van der Waals surface area contributed by atoms with E-state index in [9.17, 15) is 9.35 Å². The molecular weight excluding hydrogens is 418 g/mol. The molecule has 0 aliphatic rings. The summed E-state index contributed by atoms with van der Waals surface area (Å²) in [5, 5.41) is 0. The molecule has 0 saturated carbocycles. The molecule has 0 radical (unpaired) electrons. The molecule has 0 fully saturated rings. The molecule has 0 aliphatic heterocycles. The maximum absolute atomic E-state index is 12.3. The average Bonchev–Trinajstić information content (AvgIpc) is 3.09. The van der Waals surface area contributed by atoms with Crippen molar-refractivity contribution in [1.82, 2.24) is 9.62 Å². The van der Waals surface area contributed by atoms with Gasteiger partial charge in [0, 0.05) is 34.7 Å². The van der Waals surface area contributed by atoms with Crippen molar-refractivity contribution in [2.24, 2.45) is 5.73 Å². The Morgan fingerprint density at radius 3 is 2.43 bits per heavy atom. The third kappa shape index (κ3) is 6.99. The zero-order chi connectivity index (χ0) is 22.7. The Bertz CT molecular complexity index is 856. The van der Waals surface area contributed by atoms with Gasteiger partial charge in [-0.25, -0.2) is 4.79 Å². The highest BCUT2D eigenvalue weighted by Crippen LogP contribution is 2.33. The molecule has 0 bridgehead atoms. The Morgan fingerprint density at radius 1 is 1.20 bits per heavy atom. The fraction of sp³-hybridized carbons (Fsp3) is 0.500. The molecular formula is C22H33N3O3S2. The van der Waals surface area contributed by atoms with Crippen molar-refractivity contribution >= 4 is 28.8 Å². The van der Waals surface area contributed by atoms with Crippen molar-refractivity contribution in [3.8, 4) is 10.4 Å². The van der Waals surface area contributed by atoms with E-state index in [-0.39, 0.29) is 6.09 Å². The molecule has 1 aromatic heterocycles. The average molecular weight is 452 g/mol. The van der Waals surface area contributed by atoms with Crippen LogP contribution in [0.5, 0.6) is 0 Å². The zero-order valence-corrected chi connectivity index (χ0v) is 20.4. The largest absolute Gasteiger partial charge is 0.598 e. The van der Waals surface area contributed by atoms with Crippen LogP contribution < -0.4 is 10.5 Å². The van der Waals surface area contributed by atoms with Gasteiger partial charge in [0.2, 0.25) is 0 Å². The van der Waals surface area contributed by atoms with Crippen LogP contribution in [0, 0.1) is 0 Å². The number of amides is 1. The van der Waals surface area contributed by atoms with Crippen molar-refractivity contribution in [2.75, 3.05) is 7.05 Å². The minimum Gasteiger partial charge on any atom is -0.598 e. The number of nitrogens with one attached hydrogen (secondary N) is 1. The van der Waals surface area contributed by atoms with Crippen LogP contribution in [0.1, 0.15) is 58.1 Å². The zero-order valence-electron chi connectivity index (χ0n) is 18.8. The van der Waals surface area contributed by atoms with E-state index in [0.717, 1.165) is 20.9 Å². The molecule has 1 amide bonds. The third-order valence-corrected chi connectivity index (χ3v) is 6.90. The summed E-state index contributed by atoms with van der Waals surface area (Å²) in [6.45, 7) is 11.7. The molecule has 6 nitrogen and oxygen atoms in total. The molecule has 3 N–H and O–H groups in total. The number of nitrogens with two attached hydrogens (primary N) is 1. The number of hydrogen-bond acceptors (Lipinski definition) is 6. The third-order valence-electron chi connectivity index (χ3n) is 4.12. The van der Waals surface area contributed by atoms with E-state index in [0.29, 0.717) is 6.54 Å². The topological polar surface area (TPSA) is 90.6 Å². The summed E-state index contributed by atoms with van der Waals surface area (Å²) in [6.07, 6.45) is -0.875. The Balaban J connectivity index is 2.17. The van der Waals surface area contributed by atoms with Gasteiger partial charge in [0.25, 0.3) is 0 Å². The van der Waals surface area contributed by atoms with Crippen molar-refractivity contribution in [1.29, 1.82) is 0 Å². The fourth-order valence-electron chi connectivity index (χ4n) is 2.57.